The molecule has 0 aromatic carbocycles. The number of hydrogen-bond acceptors (Lipinski definition) is 2. The van der Waals surface area contributed by atoms with Crippen LogP contribution in [-0.2, 0) is 0 Å². The van der Waals surface area contributed by atoms with Crippen molar-refractivity contribution in [3.05, 3.63) is 46.7 Å². The highest BCUT2D eigenvalue weighted by molar-refractivity contribution is 7.71. The molecule has 0 spiro atoms. The first-order valence-electron chi connectivity index (χ1n) is 4.39. The molecule has 0 saturated carbocycles. The summed E-state index contributed by atoms with van der Waals surface area (Å²) in [5.41, 5.74) is 2.89. The van der Waals surface area contributed by atoms with Crippen LogP contribution in [0.5, 0.6) is 0 Å². The zero-order chi connectivity index (χ0) is 9.97. The molecule has 2 aromatic rings. The molecule has 0 fully saturated rings. The molecule has 0 unspecified atom stereocenters. The van der Waals surface area contributed by atoms with E-state index >= 15 is 0 Å². The summed E-state index contributed by atoms with van der Waals surface area (Å²) in [7, 11) is 0. The van der Waals surface area contributed by atoms with Crippen molar-refractivity contribution in [1.29, 1.82) is 0 Å². The van der Waals surface area contributed by atoms with Crippen molar-refractivity contribution in [3.63, 3.8) is 0 Å². The third kappa shape index (κ3) is 1.88. The van der Waals surface area contributed by atoms with E-state index in [1.807, 2.05) is 43.3 Å². The topological polar surface area (TPSA) is 28.7 Å². The maximum atomic E-state index is 5.05. The number of pyridine rings is 2. The Labute approximate surface area is 87.7 Å². The Hall–Kier alpha value is -1.48. The molecule has 70 valence electrons. The van der Waals surface area contributed by atoms with Crippen molar-refractivity contribution in [1.82, 2.24) is 9.97 Å². The van der Waals surface area contributed by atoms with Gasteiger partial charge in [-0.1, -0.05) is 24.4 Å². The van der Waals surface area contributed by atoms with Gasteiger partial charge < -0.3 is 4.98 Å². The molecular formula is C11H10N2S. The third-order valence-corrected chi connectivity index (χ3v) is 2.17. The Kier molecular flexibility index (Phi) is 2.41. The van der Waals surface area contributed by atoms with Crippen LogP contribution in [0.3, 0.4) is 0 Å². The van der Waals surface area contributed by atoms with Gasteiger partial charge in [0.05, 0.1) is 11.4 Å². The molecule has 14 heavy (non-hydrogen) atoms. The minimum atomic E-state index is 0.728. The van der Waals surface area contributed by atoms with Crippen LogP contribution in [0.15, 0.2) is 36.4 Å². The number of hydrogen-bond donors (Lipinski definition) is 1. The number of nitrogens with one attached hydrogen (secondary N) is 1. The summed E-state index contributed by atoms with van der Waals surface area (Å²) in [6.07, 6.45) is 0. The van der Waals surface area contributed by atoms with E-state index in [2.05, 4.69) is 9.97 Å². The fraction of sp³-hybridized carbons (Fsp3) is 0.0909. The van der Waals surface area contributed by atoms with Crippen molar-refractivity contribution in [3.8, 4) is 11.4 Å². The molecule has 2 heterocycles. The SMILES string of the molecule is Cc1cccc(-c2cccc(=S)[nH]2)n1. The van der Waals surface area contributed by atoms with E-state index in [0.717, 1.165) is 21.7 Å². The van der Waals surface area contributed by atoms with Crippen LogP contribution in [0.2, 0.25) is 0 Å². The average molecular weight is 202 g/mol. The average Bonchev–Trinajstić information content (AvgIpc) is 2.18. The summed E-state index contributed by atoms with van der Waals surface area (Å²) in [5, 5.41) is 0. The van der Waals surface area contributed by atoms with E-state index in [1.165, 1.54) is 0 Å². The number of aromatic nitrogens is 2. The Balaban J connectivity index is 2.55. The smallest absolute Gasteiger partial charge is 0.103 e. The first-order chi connectivity index (χ1) is 6.75. The van der Waals surface area contributed by atoms with E-state index in [-0.39, 0.29) is 0 Å². The van der Waals surface area contributed by atoms with Gasteiger partial charge in [0, 0.05) is 5.69 Å². The lowest BCUT2D eigenvalue weighted by molar-refractivity contribution is 1.17. The molecule has 0 saturated heterocycles. The molecule has 0 bridgehead atoms. The lowest BCUT2D eigenvalue weighted by Crippen LogP contribution is -1.88. The highest BCUT2D eigenvalue weighted by Crippen LogP contribution is 2.13. The minimum Gasteiger partial charge on any atom is -0.345 e. The van der Waals surface area contributed by atoms with Crippen molar-refractivity contribution in [2.75, 3.05) is 0 Å². The fourth-order valence-electron chi connectivity index (χ4n) is 1.29. The van der Waals surface area contributed by atoms with Gasteiger partial charge >= 0.3 is 0 Å². The second-order valence-electron chi connectivity index (χ2n) is 3.09. The quantitative estimate of drug-likeness (QED) is 0.720. The largest absolute Gasteiger partial charge is 0.345 e. The maximum Gasteiger partial charge on any atom is 0.103 e. The third-order valence-electron chi connectivity index (χ3n) is 1.93. The number of H-pyrrole nitrogens is 1. The predicted octanol–water partition coefficient (Wildman–Crippen LogP) is 3.11. The number of nitrogens with zero attached hydrogens (tertiary/aromatic N) is 1. The van der Waals surface area contributed by atoms with E-state index in [0.29, 0.717) is 0 Å². The van der Waals surface area contributed by atoms with E-state index in [9.17, 15) is 0 Å². The summed E-state index contributed by atoms with van der Waals surface area (Å²) in [6.45, 7) is 1.97. The summed E-state index contributed by atoms with van der Waals surface area (Å²) in [4.78, 5) is 7.51. The number of aromatic amines is 1. The Morgan fingerprint density at radius 3 is 2.64 bits per heavy atom. The van der Waals surface area contributed by atoms with Crippen LogP contribution in [0, 0.1) is 11.6 Å². The van der Waals surface area contributed by atoms with Gasteiger partial charge in [0.15, 0.2) is 0 Å². The molecule has 0 aliphatic rings. The van der Waals surface area contributed by atoms with Crippen LogP contribution in [0.25, 0.3) is 11.4 Å². The van der Waals surface area contributed by atoms with E-state index < -0.39 is 0 Å². The Morgan fingerprint density at radius 1 is 1.14 bits per heavy atom. The highest BCUT2D eigenvalue weighted by atomic mass is 32.1. The van der Waals surface area contributed by atoms with Crippen LogP contribution in [0.1, 0.15) is 5.69 Å². The summed E-state index contributed by atoms with van der Waals surface area (Å²) < 4.78 is 0.728. The van der Waals surface area contributed by atoms with Gasteiger partial charge in [-0.05, 0) is 31.2 Å². The Morgan fingerprint density at radius 2 is 1.93 bits per heavy atom. The van der Waals surface area contributed by atoms with Crippen molar-refractivity contribution < 1.29 is 0 Å². The Bertz CT molecular complexity index is 502. The van der Waals surface area contributed by atoms with Crippen LogP contribution >= 0.6 is 12.2 Å². The van der Waals surface area contributed by atoms with Crippen LogP contribution in [0.4, 0.5) is 0 Å². The van der Waals surface area contributed by atoms with Crippen molar-refractivity contribution >= 4 is 12.2 Å². The van der Waals surface area contributed by atoms with Gasteiger partial charge in [-0.2, -0.15) is 0 Å². The molecule has 0 amide bonds. The normalized spacial score (nSPS) is 10.1. The van der Waals surface area contributed by atoms with Crippen LogP contribution < -0.4 is 0 Å². The zero-order valence-electron chi connectivity index (χ0n) is 7.82. The van der Waals surface area contributed by atoms with Crippen molar-refractivity contribution in [2.45, 2.75) is 6.92 Å². The summed E-state index contributed by atoms with van der Waals surface area (Å²) in [6, 6.07) is 11.7. The standard InChI is InChI=1S/C11H10N2S/c1-8-4-2-5-9(12-8)10-6-3-7-11(14)13-10/h2-7H,1H3,(H,13,14). The lowest BCUT2D eigenvalue weighted by atomic mass is 10.2. The van der Waals surface area contributed by atoms with E-state index in [4.69, 9.17) is 12.2 Å². The molecule has 1 N–H and O–H groups in total. The van der Waals surface area contributed by atoms with Gasteiger partial charge in [-0.3, -0.25) is 4.98 Å². The van der Waals surface area contributed by atoms with Crippen molar-refractivity contribution in [2.24, 2.45) is 0 Å². The highest BCUT2D eigenvalue weighted by Gasteiger charge is 1.97. The molecule has 0 aliphatic heterocycles. The monoisotopic (exact) mass is 202 g/mol. The maximum absolute atomic E-state index is 5.05. The fourth-order valence-corrected chi connectivity index (χ4v) is 1.48. The minimum absolute atomic E-state index is 0.728. The second kappa shape index (κ2) is 3.72. The molecule has 0 aliphatic carbocycles. The first-order valence-corrected chi connectivity index (χ1v) is 4.80. The zero-order valence-corrected chi connectivity index (χ0v) is 8.64. The first kappa shape index (κ1) is 9.09. The summed E-state index contributed by atoms with van der Waals surface area (Å²) >= 11 is 5.05. The van der Waals surface area contributed by atoms with Gasteiger partial charge in [-0.15, -0.1) is 0 Å². The van der Waals surface area contributed by atoms with Gasteiger partial charge in [0.1, 0.15) is 4.64 Å². The predicted molar refractivity (Wildman–Crippen MR) is 59.6 cm³/mol. The molecule has 0 radical (unpaired) electrons. The lowest BCUT2D eigenvalue weighted by Gasteiger charge is -2.01. The molecule has 0 atom stereocenters. The molecular weight excluding hydrogens is 192 g/mol. The van der Waals surface area contributed by atoms with Gasteiger partial charge in [0.25, 0.3) is 0 Å². The number of rotatable bonds is 1. The summed E-state index contributed by atoms with van der Waals surface area (Å²) in [5.74, 6) is 0. The molecule has 2 aromatic heterocycles. The van der Waals surface area contributed by atoms with E-state index in [1.54, 1.807) is 0 Å². The number of aryl methyl sites for hydroxylation is 1. The molecule has 3 heteroatoms. The second-order valence-corrected chi connectivity index (χ2v) is 3.53. The van der Waals surface area contributed by atoms with Crippen LogP contribution in [-0.4, -0.2) is 9.97 Å². The molecule has 2 nitrogen and oxygen atoms in total. The molecule has 2 rings (SSSR count). The van der Waals surface area contributed by atoms with Gasteiger partial charge in [0.2, 0.25) is 0 Å². The van der Waals surface area contributed by atoms with Gasteiger partial charge in [-0.25, -0.2) is 0 Å².